The zero-order chi connectivity index (χ0) is 16.9. The van der Waals surface area contributed by atoms with Gasteiger partial charge in [0.15, 0.2) is 0 Å². The molecule has 0 aliphatic heterocycles. The van der Waals surface area contributed by atoms with Gasteiger partial charge in [-0.3, -0.25) is 9.59 Å². The van der Waals surface area contributed by atoms with Crippen LogP contribution in [0.25, 0.3) is 0 Å². The van der Waals surface area contributed by atoms with Crippen molar-refractivity contribution in [2.45, 2.75) is 33.0 Å². The monoisotopic (exact) mass is 320 g/mol. The highest BCUT2D eigenvalue weighted by Crippen LogP contribution is 2.28. The molecule has 1 amide bonds. The minimum absolute atomic E-state index is 0.0576. The third kappa shape index (κ3) is 4.87. The number of rotatable bonds is 7. The summed E-state index contributed by atoms with van der Waals surface area (Å²) in [6, 6.07) is 1.47. The molecule has 0 aliphatic rings. The van der Waals surface area contributed by atoms with Crippen LogP contribution in [0.1, 0.15) is 36.3 Å². The van der Waals surface area contributed by atoms with E-state index in [0.717, 1.165) is 12.5 Å². The van der Waals surface area contributed by atoms with Gasteiger partial charge in [-0.05, 0) is 24.5 Å². The molecule has 5 nitrogen and oxygen atoms in total. The molecule has 0 spiro atoms. The molecule has 1 heterocycles. The molecule has 0 radical (unpaired) electrons. The highest BCUT2D eigenvalue weighted by molar-refractivity contribution is 5.92. The normalized spacial score (nSPS) is 11.9. The number of aromatic nitrogens is 1. The quantitative estimate of drug-likeness (QED) is 0.781. The van der Waals surface area contributed by atoms with Crippen molar-refractivity contribution in [1.29, 1.82) is 0 Å². The number of ether oxygens (including phenoxy) is 1. The van der Waals surface area contributed by atoms with Crippen LogP contribution >= 0.6 is 0 Å². The second-order valence-corrected chi connectivity index (χ2v) is 5.25. The van der Waals surface area contributed by atoms with Crippen LogP contribution in [0, 0.1) is 5.92 Å². The zero-order valence-electron chi connectivity index (χ0n) is 12.4. The van der Waals surface area contributed by atoms with Crippen molar-refractivity contribution >= 4 is 5.91 Å². The third-order valence-electron chi connectivity index (χ3n) is 3.03. The molecule has 8 heteroatoms. The molecular weight excluding hydrogens is 301 g/mol. The Balaban J connectivity index is 2.96. The molecule has 1 rings (SSSR count). The minimum atomic E-state index is -4.70. The maximum absolute atomic E-state index is 12.9. The fourth-order valence-corrected chi connectivity index (χ4v) is 1.81. The zero-order valence-corrected chi connectivity index (χ0v) is 12.4. The molecule has 22 heavy (non-hydrogen) atoms. The van der Waals surface area contributed by atoms with E-state index in [1.54, 1.807) is 0 Å². The van der Waals surface area contributed by atoms with Crippen LogP contribution in [0.15, 0.2) is 16.9 Å². The van der Waals surface area contributed by atoms with Crippen LogP contribution in [0.3, 0.4) is 0 Å². The molecule has 1 aromatic heterocycles. The fourth-order valence-electron chi connectivity index (χ4n) is 1.81. The molecule has 0 aliphatic carbocycles. The second kappa shape index (κ2) is 7.44. The van der Waals surface area contributed by atoms with E-state index in [4.69, 9.17) is 10.5 Å². The molecule has 0 fully saturated rings. The van der Waals surface area contributed by atoms with Crippen molar-refractivity contribution in [1.82, 2.24) is 4.57 Å². The summed E-state index contributed by atoms with van der Waals surface area (Å²) in [7, 11) is 0. The van der Waals surface area contributed by atoms with Crippen LogP contribution in [0.5, 0.6) is 0 Å². The Kier molecular flexibility index (Phi) is 6.16. The molecule has 0 atom stereocenters. The number of halogens is 3. The molecule has 124 valence electrons. The Morgan fingerprint density at radius 2 is 1.95 bits per heavy atom. The summed E-state index contributed by atoms with van der Waals surface area (Å²) >= 11 is 0. The molecule has 0 bridgehead atoms. The van der Waals surface area contributed by atoms with Crippen LogP contribution in [0.4, 0.5) is 13.2 Å². The highest BCUT2D eigenvalue weighted by Gasteiger charge is 2.35. The molecule has 1 aromatic rings. The predicted octanol–water partition coefficient (Wildman–Crippen LogP) is 2.03. The number of carbonyl (C=O) groups excluding carboxylic acids is 1. The summed E-state index contributed by atoms with van der Waals surface area (Å²) in [5, 5.41) is 0. The van der Waals surface area contributed by atoms with E-state index < -0.39 is 28.9 Å². The number of nitrogens with two attached hydrogens (primary N) is 1. The van der Waals surface area contributed by atoms with Crippen molar-refractivity contribution in [2.24, 2.45) is 11.7 Å². The molecule has 0 aromatic carbocycles. The van der Waals surface area contributed by atoms with E-state index in [1.165, 1.54) is 0 Å². The van der Waals surface area contributed by atoms with E-state index in [0.29, 0.717) is 23.2 Å². The van der Waals surface area contributed by atoms with Crippen LogP contribution in [-0.2, 0) is 17.5 Å². The summed E-state index contributed by atoms with van der Waals surface area (Å²) in [5.74, 6) is -0.653. The third-order valence-corrected chi connectivity index (χ3v) is 3.03. The minimum Gasteiger partial charge on any atom is -0.380 e. The first kappa shape index (κ1) is 18.2. The average molecular weight is 320 g/mol. The Morgan fingerprint density at radius 1 is 1.32 bits per heavy atom. The average Bonchev–Trinajstić information content (AvgIpc) is 2.37. The number of hydrogen-bond acceptors (Lipinski definition) is 3. The number of amides is 1. The van der Waals surface area contributed by atoms with Crippen LogP contribution in [-0.4, -0.2) is 23.7 Å². The topological polar surface area (TPSA) is 74.3 Å². The highest BCUT2D eigenvalue weighted by atomic mass is 19.4. The second-order valence-electron chi connectivity index (χ2n) is 5.25. The van der Waals surface area contributed by atoms with E-state index in [-0.39, 0.29) is 13.2 Å². The predicted molar refractivity (Wildman–Crippen MR) is 74.5 cm³/mol. The molecule has 0 unspecified atom stereocenters. The molecule has 0 saturated heterocycles. The van der Waals surface area contributed by atoms with Gasteiger partial charge in [0.05, 0.1) is 6.61 Å². The standard InChI is InChI=1S/C14H19F3N2O3/c1-9(2)5-7-22-8-6-19-11(14(15,16)17)4-3-10(12(18)20)13(19)21/h3-4,9H,5-8H2,1-2H3,(H2,18,20). The van der Waals surface area contributed by atoms with Crippen LogP contribution in [0.2, 0.25) is 0 Å². The Morgan fingerprint density at radius 3 is 2.45 bits per heavy atom. The van der Waals surface area contributed by atoms with Crippen molar-refractivity contribution in [3.05, 3.63) is 33.7 Å². The van der Waals surface area contributed by atoms with Gasteiger partial charge in [0, 0.05) is 13.2 Å². The summed E-state index contributed by atoms with van der Waals surface area (Å²) in [6.45, 7) is 4.02. The number of alkyl halides is 3. The Labute approximate surface area is 125 Å². The van der Waals surface area contributed by atoms with Crippen molar-refractivity contribution < 1.29 is 22.7 Å². The number of hydrogen-bond donors (Lipinski definition) is 1. The lowest BCUT2D eigenvalue weighted by molar-refractivity contribution is -0.144. The lowest BCUT2D eigenvalue weighted by atomic mass is 10.1. The number of nitrogens with zero attached hydrogens (tertiary/aromatic N) is 1. The first-order valence-corrected chi connectivity index (χ1v) is 6.83. The fraction of sp³-hybridized carbons (Fsp3) is 0.571. The first-order chi connectivity index (χ1) is 10.1. The van der Waals surface area contributed by atoms with Gasteiger partial charge in [0.1, 0.15) is 11.3 Å². The Bertz CT molecular complexity index is 580. The van der Waals surface area contributed by atoms with Crippen molar-refractivity contribution in [3.8, 4) is 0 Å². The summed E-state index contributed by atoms with van der Waals surface area (Å²) in [4.78, 5) is 23.0. The lowest BCUT2D eigenvalue weighted by Crippen LogP contribution is -2.34. The van der Waals surface area contributed by atoms with Gasteiger partial charge in [-0.2, -0.15) is 13.2 Å². The summed E-state index contributed by atoms with van der Waals surface area (Å²) in [5.41, 5.74) is 2.32. The number of pyridine rings is 1. The SMILES string of the molecule is CC(C)CCOCCn1c(C(F)(F)F)ccc(C(N)=O)c1=O. The number of primary amides is 1. The largest absolute Gasteiger partial charge is 0.431 e. The van der Waals surface area contributed by atoms with Gasteiger partial charge >= 0.3 is 6.18 Å². The maximum atomic E-state index is 12.9. The van der Waals surface area contributed by atoms with Crippen molar-refractivity contribution in [2.75, 3.05) is 13.2 Å². The summed E-state index contributed by atoms with van der Waals surface area (Å²) in [6.07, 6.45) is -3.93. The van der Waals surface area contributed by atoms with Crippen LogP contribution < -0.4 is 11.3 Å². The van der Waals surface area contributed by atoms with Gasteiger partial charge in [0.25, 0.3) is 11.5 Å². The lowest BCUT2D eigenvalue weighted by Gasteiger charge is -2.16. The van der Waals surface area contributed by atoms with E-state index in [2.05, 4.69) is 0 Å². The van der Waals surface area contributed by atoms with Gasteiger partial charge in [-0.1, -0.05) is 13.8 Å². The smallest absolute Gasteiger partial charge is 0.380 e. The molecular formula is C14H19F3N2O3. The van der Waals surface area contributed by atoms with Gasteiger partial charge in [-0.15, -0.1) is 0 Å². The van der Waals surface area contributed by atoms with Gasteiger partial charge in [-0.25, -0.2) is 0 Å². The van der Waals surface area contributed by atoms with E-state index >= 15 is 0 Å². The maximum Gasteiger partial charge on any atom is 0.431 e. The molecule has 0 saturated carbocycles. The van der Waals surface area contributed by atoms with Crippen molar-refractivity contribution in [3.63, 3.8) is 0 Å². The van der Waals surface area contributed by atoms with E-state index in [9.17, 15) is 22.8 Å². The summed E-state index contributed by atoms with van der Waals surface area (Å²) < 4.78 is 44.5. The van der Waals surface area contributed by atoms with E-state index in [1.807, 2.05) is 13.8 Å². The number of carbonyl (C=O) groups is 1. The Hall–Kier alpha value is -1.83. The van der Waals surface area contributed by atoms with Gasteiger partial charge < -0.3 is 15.0 Å². The first-order valence-electron chi connectivity index (χ1n) is 6.83. The molecule has 2 N–H and O–H groups in total. The van der Waals surface area contributed by atoms with Gasteiger partial charge in [0.2, 0.25) is 0 Å².